The van der Waals surface area contributed by atoms with E-state index in [0.29, 0.717) is 30.6 Å². The number of ketones is 1. The number of nitrogens with zero attached hydrogens (tertiary/aromatic N) is 1. The summed E-state index contributed by atoms with van der Waals surface area (Å²) < 4.78 is 0. The van der Waals surface area contributed by atoms with Crippen LogP contribution in [-0.4, -0.2) is 28.8 Å². The number of hydrogen-bond acceptors (Lipinski definition) is 3. The van der Waals surface area contributed by atoms with Gasteiger partial charge in [-0.2, -0.15) is 0 Å². The third-order valence-electron chi connectivity index (χ3n) is 5.20. The van der Waals surface area contributed by atoms with Crippen LogP contribution in [0.3, 0.4) is 0 Å². The number of carbonyl (C=O) groups is 1. The number of aryl methyl sites for hydroxylation is 1. The number of pyridine rings is 1. The van der Waals surface area contributed by atoms with Crippen molar-refractivity contribution in [3.8, 4) is 0 Å². The number of fused-ring (bicyclic) bond motifs is 1. The molecule has 1 aliphatic heterocycles. The van der Waals surface area contributed by atoms with Crippen LogP contribution < -0.4 is 5.56 Å². The van der Waals surface area contributed by atoms with Crippen LogP contribution in [0.4, 0.5) is 0 Å². The molecule has 3 rings (SSSR count). The molecule has 0 amide bonds. The third-order valence-corrected chi connectivity index (χ3v) is 5.20. The lowest BCUT2D eigenvalue weighted by Gasteiger charge is -2.35. The Kier molecular flexibility index (Phi) is 5.38. The van der Waals surface area contributed by atoms with E-state index in [9.17, 15) is 9.59 Å². The average Bonchev–Trinajstić information content (AvgIpc) is 2.59. The number of aromatic amines is 1. The average molecular weight is 340 g/mol. The van der Waals surface area contributed by atoms with Crippen LogP contribution >= 0.6 is 0 Å². The highest BCUT2D eigenvalue weighted by atomic mass is 16.1. The predicted molar refractivity (Wildman–Crippen MR) is 102 cm³/mol. The molecule has 134 valence electrons. The largest absolute Gasteiger partial charge is 0.322 e. The summed E-state index contributed by atoms with van der Waals surface area (Å²) in [5.41, 5.74) is 3.01. The van der Waals surface area contributed by atoms with Crippen LogP contribution in [0.5, 0.6) is 0 Å². The van der Waals surface area contributed by atoms with E-state index in [0.717, 1.165) is 42.4 Å². The van der Waals surface area contributed by atoms with Crippen molar-refractivity contribution in [3.63, 3.8) is 0 Å². The van der Waals surface area contributed by atoms with Gasteiger partial charge in [-0.3, -0.25) is 14.5 Å². The Bertz CT molecular complexity index is 812. The topological polar surface area (TPSA) is 53.2 Å². The number of nitrogens with one attached hydrogen (secondary N) is 1. The smallest absolute Gasteiger partial charge is 0.251 e. The van der Waals surface area contributed by atoms with Crippen molar-refractivity contribution < 1.29 is 4.79 Å². The standard InChI is InChI=1S/C21H28N2O2/c1-4-15-12-17-13-16(5-6-19(17)22-21(15)25)20(11-14(2)3)23-9-7-18(24)8-10-23/h5-6,12-14,20H,4,7-11H2,1-3H3,(H,22,25). The zero-order valence-electron chi connectivity index (χ0n) is 15.5. The first-order chi connectivity index (χ1) is 12.0. The number of H-pyrrole nitrogens is 1. The molecule has 1 atom stereocenters. The maximum atomic E-state index is 12.0. The van der Waals surface area contributed by atoms with Gasteiger partial charge in [0.15, 0.2) is 0 Å². The van der Waals surface area contributed by atoms with Crippen molar-refractivity contribution in [3.05, 3.63) is 45.7 Å². The molecule has 0 spiro atoms. The first-order valence-electron chi connectivity index (χ1n) is 9.39. The molecule has 1 N–H and O–H groups in total. The van der Waals surface area contributed by atoms with Crippen molar-refractivity contribution >= 4 is 16.7 Å². The van der Waals surface area contributed by atoms with E-state index < -0.39 is 0 Å². The van der Waals surface area contributed by atoms with E-state index in [1.54, 1.807) is 0 Å². The lowest BCUT2D eigenvalue weighted by molar-refractivity contribution is -0.122. The molecule has 1 fully saturated rings. The molecular weight excluding hydrogens is 312 g/mol. The Balaban J connectivity index is 1.98. The summed E-state index contributed by atoms with van der Waals surface area (Å²) in [6.45, 7) is 8.19. The zero-order valence-corrected chi connectivity index (χ0v) is 15.5. The van der Waals surface area contributed by atoms with Crippen LogP contribution in [-0.2, 0) is 11.2 Å². The first-order valence-corrected chi connectivity index (χ1v) is 9.39. The second kappa shape index (κ2) is 7.52. The van der Waals surface area contributed by atoms with Crippen molar-refractivity contribution in [2.45, 2.75) is 52.5 Å². The molecule has 2 heterocycles. The number of carbonyl (C=O) groups excluding carboxylic acids is 1. The highest BCUT2D eigenvalue weighted by molar-refractivity contribution is 5.80. The lowest BCUT2D eigenvalue weighted by atomic mass is 9.92. The van der Waals surface area contributed by atoms with Crippen molar-refractivity contribution in [1.82, 2.24) is 9.88 Å². The molecular formula is C21H28N2O2. The van der Waals surface area contributed by atoms with E-state index in [2.05, 4.69) is 35.9 Å². The SMILES string of the molecule is CCc1cc2cc(C(CC(C)C)N3CCC(=O)CC3)ccc2[nH]c1=O. The molecule has 4 nitrogen and oxygen atoms in total. The van der Waals surface area contributed by atoms with Crippen LogP contribution in [0.25, 0.3) is 10.9 Å². The molecule has 1 aromatic carbocycles. The number of aromatic nitrogens is 1. The van der Waals surface area contributed by atoms with Gasteiger partial charge < -0.3 is 4.98 Å². The highest BCUT2D eigenvalue weighted by Crippen LogP contribution is 2.31. The van der Waals surface area contributed by atoms with Gasteiger partial charge in [0.05, 0.1) is 0 Å². The lowest BCUT2D eigenvalue weighted by Crippen LogP contribution is -2.37. The first kappa shape index (κ1) is 17.9. The maximum absolute atomic E-state index is 12.0. The van der Waals surface area contributed by atoms with Gasteiger partial charge in [0, 0.05) is 43.1 Å². The Morgan fingerprint density at radius 3 is 2.48 bits per heavy atom. The quantitative estimate of drug-likeness (QED) is 0.899. The van der Waals surface area contributed by atoms with E-state index >= 15 is 0 Å². The zero-order chi connectivity index (χ0) is 18.0. The van der Waals surface area contributed by atoms with Gasteiger partial charge in [0.25, 0.3) is 5.56 Å². The molecule has 4 heteroatoms. The molecule has 0 aliphatic carbocycles. The Labute approximate surface area is 149 Å². The molecule has 0 saturated carbocycles. The van der Waals surface area contributed by atoms with E-state index in [4.69, 9.17) is 0 Å². The minimum Gasteiger partial charge on any atom is -0.322 e. The summed E-state index contributed by atoms with van der Waals surface area (Å²) in [6, 6.07) is 8.72. The van der Waals surface area contributed by atoms with Gasteiger partial charge in [0.2, 0.25) is 0 Å². The van der Waals surface area contributed by atoms with Gasteiger partial charge in [-0.15, -0.1) is 0 Å². The molecule has 2 aromatic rings. The monoisotopic (exact) mass is 340 g/mol. The highest BCUT2D eigenvalue weighted by Gasteiger charge is 2.25. The molecule has 1 aliphatic rings. The van der Waals surface area contributed by atoms with Gasteiger partial charge in [-0.25, -0.2) is 0 Å². The molecule has 0 bridgehead atoms. The molecule has 1 unspecified atom stereocenters. The summed E-state index contributed by atoms with van der Waals surface area (Å²) in [7, 11) is 0. The van der Waals surface area contributed by atoms with Crippen molar-refractivity contribution in [2.75, 3.05) is 13.1 Å². The number of benzene rings is 1. The van der Waals surface area contributed by atoms with Gasteiger partial charge in [-0.1, -0.05) is 26.8 Å². The number of Topliss-reactive ketones (excluding diaryl/α,β-unsaturated/α-hetero) is 1. The second-order valence-corrected chi connectivity index (χ2v) is 7.54. The minimum atomic E-state index is 0.0102. The summed E-state index contributed by atoms with van der Waals surface area (Å²) >= 11 is 0. The van der Waals surface area contributed by atoms with Gasteiger partial charge >= 0.3 is 0 Å². The molecule has 0 radical (unpaired) electrons. The fourth-order valence-electron chi connectivity index (χ4n) is 3.77. The van der Waals surface area contributed by atoms with Crippen LogP contribution in [0.1, 0.15) is 57.2 Å². The molecule has 1 saturated heterocycles. The van der Waals surface area contributed by atoms with Crippen LogP contribution in [0.2, 0.25) is 0 Å². The number of rotatable bonds is 5. The molecule has 25 heavy (non-hydrogen) atoms. The molecule has 1 aromatic heterocycles. The summed E-state index contributed by atoms with van der Waals surface area (Å²) in [5, 5.41) is 1.09. The van der Waals surface area contributed by atoms with Crippen molar-refractivity contribution in [2.24, 2.45) is 5.92 Å². The summed E-state index contributed by atoms with van der Waals surface area (Å²) in [4.78, 5) is 29.1. The normalized spacial score (nSPS) is 17.4. The minimum absolute atomic E-state index is 0.0102. The Morgan fingerprint density at radius 1 is 1.12 bits per heavy atom. The predicted octanol–water partition coefficient (Wildman–Crippen LogP) is 3.84. The van der Waals surface area contributed by atoms with Crippen LogP contribution in [0, 0.1) is 5.92 Å². The summed E-state index contributed by atoms with van der Waals surface area (Å²) in [5.74, 6) is 0.961. The second-order valence-electron chi connectivity index (χ2n) is 7.54. The van der Waals surface area contributed by atoms with E-state index in [-0.39, 0.29) is 5.56 Å². The van der Waals surface area contributed by atoms with E-state index in [1.807, 2.05) is 19.1 Å². The number of hydrogen-bond donors (Lipinski definition) is 1. The van der Waals surface area contributed by atoms with Crippen LogP contribution in [0.15, 0.2) is 29.1 Å². The number of likely N-dealkylation sites (tertiary alicyclic amines) is 1. The number of piperidine rings is 1. The maximum Gasteiger partial charge on any atom is 0.251 e. The van der Waals surface area contributed by atoms with Gasteiger partial charge in [0.1, 0.15) is 5.78 Å². The van der Waals surface area contributed by atoms with E-state index in [1.165, 1.54) is 5.56 Å². The fraction of sp³-hybridized carbons (Fsp3) is 0.524. The van der Waals surface area contributed by atoms with Gasteiger partial charge in [-0.05, 0) is 47.9 Å². The fourth-order valence-corrected chi connectivity index (χ4v) is 3.77. The van der Waals surface area contributed by atoms with Crippen molar-refractivity contribution in [1.29, 1.82) is 0 Å². The third kappa shape index (κ3) is 4.01. The summed E-state index contributed by atoms with van der Waals surface area (Å²) in [6.07, 6.45) is 3.13. The Morgan fingerprint density at radius 2 is 1.84 bits per heavy atom. The Hall–Kier alpha value is -1.94.